The number of imide groups is 1. The molecule has 0 radical (unpaired) electrons. The number of carbonyl (C=O) groups excluding carboxylic acids is 2. The quantitative estimate of drug-likeness (QED) is 0.344. The first kappa shape index (κ1) is 6.69. The zero-order chi connectivity index (χ0) is 7.02. The molecule has 4 heteroatoms. The summed E-state index contributed by atoms with van der Waals surface area (Å²) in [5.74, 6) is -0.176. The summed E-state index contributed by atoms with van der Waals surface area (Å²) in [6.45, 7) is 0. The van der Waals surface area contributed by atoms with Gasteiger partial charge in [0.25, 0.3) is 0 Å². The molecule has 1 saturated heterocycles. The highest BCUT2D eigenvalue weighted by atomic mass is 31.0. The van der Waals surface area contributed by atoms with Crippen LogP contribution in [0.2, 0.25) is 0 Å². The normalized spacial score (nSPS) is 27.8. The van der Waals surface area contributed by atoms with Crippen LogP contribution in [0.1, 0.15) is 6.42 Å². The molecule has 2 atom stereocenters. The molecule has 0 saturated carbocycles. The Morgan fingerprint density at radius 3 is 2.33 bits per heavy atom. The van der Waals surface area contributed by atoms with Crippen molar-refractivity contribution >= 4 is 21.1 Å². The summed E-state index contributed by atoms with van der Waals surface area (Å²) >= 11 is 0. The Bertz CT molecular complexity index is 168. The minimum Gasteiger partial charge on any atom is -0.285 e. The van der Waals surface area contributed by atoms with Gasteiger partial charge in [0.15, 0.2) is 0 Å². The van der Waals surface area contributed by atoms with E-state index in [2.05, 4.69) is 9.24 Å². The standard InChI is InChI=1S/C5H8NO2P/c1-6-4(7)2-3(9)5(6)8/h3H,2,9H2,1H3. The minimum atomic E-state index is -0.178. The van der Waals surface area contributed by atoms with Gasteiger partial charge < -0.3 is 0 Å². The molecule has 0 spiro atoms. The number of hydrogen-bond acceptors (Lipinski definition) is 2. The summed E-state index contributed by atoms with van der Waals surface area (Å²) in [5, 5.41) is 0. The topological polar surface area (TPSA) is 37.4 Å². The number of carbonyl (C=O) groups is 2. The van der Waals surface area contributed by atoms with E-state index in [1.165, 1.54) is 7.05 Å². The van der Waals surface area contributed by atoms with Crippen molar-refractivity contribution in [3.63, 3.8) is 0 Å². The van der Waals surface area contributed by atoms with Gasteiger partial charge in [-0.3, -0.25) is 14.5 Å². The molecule has 2 amide bonds. The van der Waals surface area contributed by atoms with Crippen molar-refractivity contribution in [2.24, 2.45) is 0 Å². The summed E-state index contributed by atoms with van der Waals surface area (Å²) < 4.78 is 0. The van der Waals surface area contributed by atoms with Gasteiger partial charge in [0.2, 0.25) is 11.8 Å². The summed E-state index contributed by atoms with van der Waals surface area (Å²) in [4.78, 5) is 22.7. The van der Waals surface area contributed by atoms with Crippen LogP contribution < -0.4 is 0 Å². The number of nitrogens with zero attached hydrogens (tertiary/aromatic N) is 1. The molecule has 0 bridgehead atoms. The lowest BCUT2D eigenvalue weighted by Crippen LogP contribution is -2.25. The van der Waals surface area contributed by atoms with E-state index < -0.39 is 0 Å². The third-order valence-electron chi connectivity index (χ3n) is 1.42. The lowest BCUT2D eigenvalue weighted by molar-refractivity contribution is -0.136. The SMILES string of the molecule is CN1C(=O)CC(P)C1=O. The minimum absolute atomic E-state index is 0.0833. The molecule has 0 aromatic heterocycles. The van der Waals surface area contributed by atoms with Crippen LogP contribution in [0.4, 0.5) is 0 Å². The third-order valence-corrected chi connectivity index (χ3v) is 1.94. The van der Waals surface area contributed by atoms with Crippen LogP contribution in [-0.2, 0) is 9.59 Å². The largest absolute Gasteiger partial charge is 0.285 e. The lowest BCUT2D eigenvalue weighted by atomic mass is 10.4. The van der Waals surface area contributed by atoms with E-state index in [1.54, 1.807) is 0 Å². The molecule has 9 heavy (non-hydrogen) atoms. The fourth-order valence-electron chi connectivity index (χ4n) is 0.784. The number of likely N-dealkylation sites (tertiary alicyclic amines) is 1. The predicted octanol–water partition coefficient (Wildman–Crippen LogP) is -0.381. The average molecular weight is 145 g/mol. The van der Waals surface area contributed by atoms with E-state index in [0.29, 0.717) is 6.42 Å². The van der Waals surface area contributed by atoms with Gasteiger partial charge in [-0.15, -0.1) is 9.24 Å². The van der Waals surface area contributed by atoms with E-state index in [1.807, 2.05) is 0 Å². The van der Waals surface area contributed by atoms with E-state index in [0.717, 1.165) is 4.90 Å². The predicted molar refractivity (Wildman–Crippen MR) is 35.9 cm³/mol. The Balaban J connectivity index is 2.77. The highest BCUT2D eigenvalue weighted by molar-refractivity contribution is 7.19. The molecule has 0 aromatic rings. The van der Waals surface area contributed by atoms with Crippen LogP contribution in [0.15, 0.2) is 0 Å². The molecule has 0 aromatic carbocycles. The maximum atomic E-state index is 10.8. The van der Waals surface area contributed by atoms with Crippen molar-refractivity contribution in [3.8, 4) is 0 Å². The first-order valence-corrected chi connectivity index (χ1v) is 3.35. The molecule has 1 aliphatic heterocycles. The van der Waals surface area contributed by atoms with Gasteiger partial charge in [-0.25, -0.2) is 0 Å². The number of hydrogen-bond donors (Lipinski definition) is 0. The van der Waals surface area contributed by atoms with Crippen molar-refractivity contribution in [1.82, 2.24) is 4.90 Å². The molecule has 1 aliphatic rings. The molecule has 1 fully saturated rings. The van der Waals surface area contributed by atoms with Crippen molar-refractivity contribution < 1.29 is 9.59 Å². The maximum Gasteiger partial charge on any atom is 0.236 e. The molecule has 1 heterocycles. The van der Waals surface area contributed by atoms with Crippen LogP contribution in [0.5, 0.6) is 0 Å². The monoisotopic (exact) mass is 145 g/mol. The Kier molecular flexibility index (Phi) is 1.54. The van der Waals surface area contributed by atoms with Crippen molar-refractivity contribution in [2.75, 3.05) is 7.05 Å². The first-order chi connectivity index (χ1) is 4.13. The second kappa shape index (κ2) is 2.07. The maximum absolute atomic E-state index is 10.8. The van der Waals surface area contributed by atoms with Gasteiger partial charge in [0.05, 0.1) is 5.66 Å². The van der Waals surface area contributed by atoms with Gasteiger partial charge in [-0.2, -0.15) is 0 Å². The summed E-state index contributed by atoms with van der Waals surface area (Å²) in [6.07, 6.45) is 0.347. The molecular formula is C5H8NO2P. The highest BCUT2D eigenvalue weighted by Gasteiger charge is 2.32. The van der Waals surface area contributed by atoms with E-state index in [9.17, 15) is 9.59 Å². The van der Waals surface area contributed by atoms with Crippen LogP contribution in [-0.4, -0.2) is 29.4 Å². The van der Waals surface area contributed by atoms with E-state index in [-0.39, 0.29) is 17.5 Å². The molecule has 0 N–H and O–H groups in total. The summed E-state index contributed by atoms with van der Waals surface area (Å²) in [6, 6.07) is 0. The number of rotatable bonds is 0. The molecular weight excluding hydrogens is 137 g/mol. The lowest BCUT2D eigenvalue weighted by Gasteiger charge is -2.03. The van der Waals surface area contributed by atoms with E-state index >= 15 is 0 Å². The van der Waals surface area contributed by atoms with Crippen LogP contribution in [0.3, 0.4) is 0 Å². The van der Waals surface area contributed by atoms with Gasteiger partial charge in [0.1, 0.15) is 0 Å². The zero-order valence-electron chi connectivity index (χ0n) is 5.13. The Hall–Kier alpha value is -0.430. The van der Waals surface area contributed by atoms with Crippen molar-refractivity contribution in [3.05, 3.63) is 0 Å². The summed E-state index contributed by atoms with van der Waals surface area (Å²) in [5.41, 5.74) is -0.178. The molecule has 0 aliphatic carbocycles. The number of amides is 2. The fraction of sp³-hybridized carbons (Fsp3) is 0.600. The fourth-order valence-corrected chi connectivity index (χ4v) is 1.21. The Labute approximate surface area is 55.6 Å². The molecule has 3 nitrogen and oxygen atoms in total. The second-order valence-corrected chi connectivity index (χ2v) is 2.91. The Morgan fingerprint density at radius 2 is 2.22 bits per heavy atom. The third kappa shape index (κ3) is 0.969. The smallest absolute Gasteiger partial charge is 0.236 e. The van der Waals surface area contributed by atoms with Gasteiger partial charge in [-0.05, 0) is 0 Å². The Morgan fingerprint density at radius 1 is 1.67 bits per heavy atom. The van der Waals surface area contributed by atoms with E-state index in [4.69, 9.17) is 0 Å². The average Bonchev–Trinajstić information content (AvgIpc) is 1.98. The highest BCUT2D eigenvalue weighted by Crippen LogP contribution is 2.17. The van der Waals surface area contributed by atoms with Crippen LogP contribution >= 0.6 is 9.24 Å². The van der Waals surface area contributed by atoms with Crippen LogP contribution in [0, 0.1) is 0 Å². The van der Waals surface area contributed by atoms with Gasteiger partial charge in [0, 0.05) is 13.5 Å². The van der Waals surface area contributed by atoms with Crippen molar-refractivity contribution in [2.45, 2.75) is 12.1 Å². The van der Waals surface area contributed by atoms with Crippen molar-refractivity contribution in [1.29, 1.82) is 0 Å². The second-order valence-electron chi connectivity index (χ2n) is 2.10. The first-order valence-electron chi connectivity index (χ1n) is 2.69. The van der Waals surface area contributed by atoms with Gasteiger partial charge in [-0.1, -0.05) is 0 Å². The van der Waals surface area contributed by atoms with Crippen LogP contribution in [0.25, 0.3) is 0 Å². The summed E-state index contributed by atoms with van der Waals surface area (Å²) in [7, 11) is 3.86. The zero-order valence-corrected chi connectivity index (χ0v) is 6.28. The molecule has 2 unspecified atom stereocenters. The van der Waals surface area contributed by atoms with Gasteiger partial charge >= 0.3 is 0 Å². The molecule has 50 valence electrons. The molecule has 1 rings (SSSR count).